The SMILES string of the molecule is CCN(Cc1cc(CNC2CC2)co1)c1cccc(F)c1. The lowest BCUT2D eigenvalue weighted by molar-refractivity contribution is 0.500. The zero-order chi connectivity index (χ0) is 14.7. The molecule has 0 radical (unpaired) electrons. The summed E-state index contributed by atoms with van der Waals surface area (Å²) in [5, 5.41) is 3.47. The van der Waals surface area contributed by atoms with Crippen molar-refractivity contribution >= 4 is 5.69 Å². The predicted octanol–water partition coefficient (Wildman–Crippen LogP) is 3.70. The minimum absolute atomic E-state index is 0.209. The second-order valence-corrected chi connectivity index (χ2v) is 5.57. The van der Waals surface area contributed by atoms with Gasteiger partial charge in [0.15, 0.2) is 0 Å². The Morgan fingerprint density at radius 2 is 2.19 bits per heavy atom. The number of benzene rings is 1. The van der Waals surface area contributed by atoms with Crippen LogP contribution in [0.15, 0.2) is 41.0 Å². The van der Waals surface area contributed by atoms with Crippen molar-refractivity contribution in [1.29, 1.82) is 0 Å². The summed E-state index contributed by atoms with van der Waals surface area (Å²) in [7, 11) is 0. The van der Waals surface area contributed by atoms with Crippen LogP contribution in [0.1, 0.15) is 31.1 Å². The van der Waals surface area contributed by atoms with Crippen molar-refractivity contribution < 1.29 is 8.81 Å². The van der Waals surface area contributed by atoms with Crippen LogP contribution in [0.25, 0.3) is 0 Å². The molecular weight excluding hydrogens is 267 g/mol. The van der Waals surface area contributed by atoms with E-state index in [1.54, 1.807) is 12.1 Å². The van der Waals surface area contributed by atoms with E-state index in [2.05, 4.69) is 23.2 Å². The van der Waals surface area contributed by atoms with Gasteiger partial charge in [-0.05, 0) is 44.0 Å². The summed E-state index contributed by atoms with van der Waals surface area (Å²) in [5.41, 5.74) is 2.05. The van der Waals surface area contributed by atoms with Crippen LogP contribution in [0, 0.1) is 5.82 Å². The van der Waals surface area contributed by atoms with Crippen LogP contribution < -0.4 is 10.2 Å². The maximum absolute atomic E-state index is 13.3. The fourth-order valence-electron chi connectivity index (χ4n) is 2.40. The Morgan fingerprint density at radius 1 is 1.33 bits per heavy atom. The Labute approximate surface area is 124 Å². The van der Waals surface area contributed by atoms with Gasteiger partial charge in [0.1, 0.15) is 11.6 Å². The minimum atomic E-state index is -0.209. The average Bonchev–Trinajstić information content (AvgIpc) is 3.21. The molecule has 112 valence electrons. The maximum atomic E-state index is 13.3. The fraction of sp³-hybridized carbons (Fsp3) is 0.412. The first-order valence-corrected chi connectivity index (χ1v) is 7.55. The quantitative estimate of drug-likeness (QED) is 0.842. The molecule has 1 saturated carbocycles. The lowest BCUT2D eigenvalue weighted by Gasteiger charge is -2.21. The summed E-state index contributed by atoms with van der Waals surface area (Å²) in [4.78, 5) is 2.10. The van der Waals surface area contributed by atoms with Gasteiger partial charge in [-0.25, -0.2) is 4.39 Å². The van der Waals surface area contributed by atoms with Crippen molar-refractivity contribution in [3.63, 3.8) is 0 Å². The first kappa shape index (κ1) is 14.1. The van der Waals surface area contributed by atoms with E-state index in [0.29, 0.717) is 12.6 Å². The Kier molecular flexibility index (Phi) is 4.25. The first-order chi connectivity index (χ1) is 10.2. The van der Waals surface area contributed by atoms with Crippen LogP contribution in [0.3, 0.4) is 0 Å². The van der Waals surface area contributed by atoms with E-state index in [1.165, 1.54) is 24.5 Å². The van der Waals surface area contributed by atoms with E-state index in [-0.39, 0.29) is 5.82 Å². The normalized spacial score (nSPS) is 14.4. The molecule has 0 amide bonds. The van der Waals surface area contributed by atoms with Crippen LogP contribution in [0.5, 0.6) is 0 Å². The van der Waals surface area contributed by atoms with Gasteiger partial charge in [0, 0.05) is 30.4 Å². The second kappa shape index (κ2) is 6.31. The van der Waals surface area contributed by atoms with Gasteiger partial charge in [0.25, 0.3) is 0 Å². The summed E-state index contributed by atoms with van der Waals surface area (Å²) in [6, 6.07) is 9.46. The standard InChI is InChI=1S/C17H21FN2O/c1-2-20(16-5-3-4-14(18)9-16)11-17-8-13(12-21-17)10-19-15-6-7-15/h3-5,8-9,12,15,19H,2,6-7,10-11H2,1H3. The van der Waals surface area contributed by atoms with E-state index in [1.807, 2.05) is 12.3 Å². The highest BCUT2D eigenvalue weighted by Gasteiger charge is 2.20. The molecule has 3 nitrogen and oxygen atoms in total. The molecule has 0 spiro atoms. The third kappa shape index (κ3) is 3.85. The number of furan rings is 1. The summed E-state index contributed by atoms with van der Waals surface area (Å²) in [6.45, 7) is 4.38. The minimum Gasteiger partial charge on any atom is -0.467 e. The van der Waals surface area contributed by atoms with Gasteiger partial charge in [-0.1, -0.05) is 6.07 Å². The summed E-state index contributed by atoms with van der Waals surface area (Å²) < 4.78 is 19.0. The van der Waals surface area contributed by atoms with Gasteiger partial charge < -0.3 is 14.6 Å². The Balaban J connectivity index is 1.63. The number of rotatable bonds is 7. The largest absolute Gasteiger partial charge is 0.467 e. The number of hydrogen-bond acceptors (Lipinski definition) is 3. The maximum Gasteiger partial charge on any atom is 0.125 e. The highest BCUT2D eigenvalue weighted by atomic mass is 19.1. The summed E-state index contributed by atoms with van der Waals surface area (Å²) in [5.74, 6) is 0.702. The Bertz CT molecular complexity index is 592. The monoisotopic (exact) mass is 288 g/mol. The first-order valence-electron chi connectivity index (χ1n) is 7.55. The molecule has 4 heteroatoms. The summed E-state index contributed by atoms with van der Waals surface area (Å²) in [6.07, 6.45) is 4.38. The molecular formula is C17H21FN2O. The lowest BCUT2D eigenvalue weighted by Crippen LogP contribution is -2.21. The van der Waals surface area contributed by atoms with Crippen molar-refractivity contribution in [2.45, 2.75) is 38.9 Å². The highest BCUT2D eigenvalue weighted by Crippen LogP contribution is 2.21. The van der Waals surface area contributed by atoms with Gasteiger partial charge in [-0.15, -0.1) is 0 Å². The van der Waals surface area contributed by atoms with Gasteiger partial charge in [0.2, 0.25) is 0 Å². The Hall–Kier alpha value is -1.81. The highest BCUT2D eigenvalue weighted by molar-refractivity contribution is 5.46. The molecule has 0 unspecified atom stereocenters. The predicted molar refractivity (Wildman–Crippen MR) is 81.7 cm³/mol. The van der Waals surface area contributed by atoms with Crippen LogP contribution in [0.4, 0.5) is 10.1 Å². The molecule has 0 saturated heterocycles. The third-order valence-corrected chi connectivity index (χ3v) is 3.78. The van der Waals surface area contributed by atoms with Gasteiger partial charge in [-0.2, -0.15) is 0 Å². The van der Waals surface area contributed by atoms with Gasteiger partial charge in [0.05, 0.1) is 12.8 Å². The number of nitrogens with one attached hydrogen (secondary N) is 1. The molecule has 2 aromatic rings. The van der Waals surface area contributed by atoms with Gasteiger partial charge in [-0.3, -0.25) is 0 Å². The lowest BCUT2D eigenvalue weighted by atomic mass is 10.2. The molecule has 0 atom stereocenters. The molecule has 1 N–H and O–H groups in total. The topological polar surface area (TPSA) is 28.4 Å². The number of nitrogens with zero attached hydrogens (tertiary/aromatic N) is 1. The second-order valence-electron chi connectivity index (χ2n) is 5.57. The zero-order valence-corrected chi connectivity index (χ0v) is 12.3. The van der Waals surface area contributed by atoms with Crippen molar-refractivity contribution in [3.8, 4) is 0 Å². The van der Waals surface area contributed by atoms with E-state index in [9.17, 15) is 4.39 Å². The molecule has 0 bridgehead atoms. The van der Waals surface area contributed by atoms with Crippen LogP contribution in [-0.4, -0.2) is 12.6 Å². The Morgan fingerprint density at radius 3 is 2.90 bits per heavy atom. The van der Waals surface area contributed by atoms with Crippen molar-refractivity contribution in [2.24, 2.45) is 0 Å². The van der Waals surface area contributed by atoms with Crippen LogP contribution in [-0.2, 0) is 13.1 Å². The van der Waals surface area contributed by atoms with E-state index >= 15 is 0 Å². The van der Waals surface area contributed by atoms with Crippen LogP contribution >= 0.6 is 0 Å². The summed E-state index contributed by atoms with van der Waals surface area (Å²) >= 11 is 0. The number of hydrogen-bond donors (Lipinski definition) is 1. The third-order valence-electron chi connectivity index (χ3n) is 3.78. The number of anilines is 1. The van der Waals surface area contributed by atoms with Crippen LogP contribution in [0.2, 0.25) is 0 Å². The van der Waals surface area contributed by atoms with Crippen molar-refractivity contribution in [2.75, 3.05) is 11.4 Å². The molecule has 3 rings (SSSR count). The molecule has 21 heavy (non-hydrogen) atoms. The molecule has 1 fully saturated rings. The molecule has 1 heterocycles. The van der Waals surface area contributed by atoms with Crippen molar-refractivity contribution in [1.82, 2.24) is 5.32 Å². The van der Waals surface area contributed by atoms with Gasteiger partial charge >= 0.3 is 0 Å². The zero-order valence-electron chi connectivity index (χ0n) is 12.3. The van der Waals surface area contributed by atoms with E-state index in [0.717, 1.165) is 24.5 Å². The average molecular weight is 288 g/mol. The molecule has 1 aromatic carbocycles. The van der Waals surface area contributed by atoms with Crippen molar-refractivity contribution in [3.05, 3.63) is 53.7 Å². The number of halogens is 1. The van der Waals surface area contributed by atoms with E-state index < -0.39 is 0 Å². The fourth-order valence-corrected chi connectivity index (χ4v) is 2.40. The van der Waals surface area contributed by atoms with E-state index in [4.69, 9.17) is 4.42 Å². The smallest absolute Gasteiger partial charge is 0.125 e. The molecule has 1 aliphatic carbocycles. The molecule has 0 aliphatic heterocycles. The molecule has 1 aliphatic rings. The molecule has 1 aromatic heterocycles.